The van der Waals surface area contributed by atoms with Crippen molar-refractivity contribution in [2.75, 3.05) is 0 Å². The molecule has 1 fully saturated rings. The highest BCUT2D eigenvalue weighted by Gasteiger charge is 2.44. The standard InChI is InChI=1S/C23H29NO4/c1-16-17(2)28-23(27-15-20-12-8-5-9-13-20)21(24-18(3)25)22(16)26-14-19-10-6-4-7-11-19/h4-13,16-17,21-23H,14-15H2,1-3H3,(H,24,25)/t16-,17+,21-,22+,23?/m0/s1. The van der Waals surface area contributed by atoms with E-state index in [9.17, 15) is 4.79 Å². The first-order chi connectivity index (χ1) is 13.5. The monoisotopic (exact) mass is 383 g/mol. The molecule has 5 atom stereocenters. The van der Waals surface area contributed by atoms with Gasteiger partial charge in [-0.2, -0.15) is 0 Å². The maximum Gasteiger partial charge on any atom is 0.217 e. The summed E-state index contributed by atoms with van der Waals surface area (Å²) in [5.74, 6) is -0.0193. The molecule has 1 amide bonds. The van der Waals surface area contributed by atoms with Gasteiger partial charge in [0.1, 0.15) is 6.04 Å². The highest BCUT2D eigenvalue weighted by molar-refractivity contribution is 5.73. The van der Waals surface area contributed by atoms with Crippen LogP contribution in [-0.2, 0) is 32.2 Å². The maximum atomic E-state index is 11.9. The van der Waals surface area contributed by atoms with Crippen molar-refractivity contribution in [3.05, 3.63) is 71.8 Å². The zero-order valence-corrected chi connectivity index (χ0v) is 16.7. The van der Waals surface area contributed by atoms with Crippen molar-refractivity contribution in [3.8, 4) is 0 Å². The van der Waals surface area contributed by atoms with Gasteiger partial charge in [-0.25, -0.2) is 0 Å². The van der Waals surface area contributed by atoms with Crippen LogP contribution < -0.4 is 5.32 Å². The Hall–Kier alpha value is -2.21. The zero-order valence-electron chi connectivity index (χ0n) is 16.7. The molecule has 28 heavy (non-hydrogen) atoms. The molecule has 0 saturated carbocycles. The molecule has 1 heterocycles. The quantitative estimate of drug-likeness (QED) is 0.793. The summed E-state index contributed by atoms with van der Waals surface area (Å²) in [7, 11) is 0. The lowest BCUT2D eigenvalue weighted by Gasteiger charge is -2.44. The second kappa shape index (κ2) is 9.82. The average Bonchev–Trinajstić information content (AvgIpc) is 2.70. The van der Waals surface area contributed by atoms with E-state index in [4.69, 9.17) is 14.2 Å². The minimum Gasteiger partial charge on any atom is -0.371 e. The Labute approximate surface area is 167 Å². The Morgan fingerprint density at radius 3 is 2.00 bits per heavy atom. The summed E-state index contributed by atoms with van der Waals surface area (Å²) >= 11 is 0. The van der Waals surface area contributed by atoms with Crippen molar-refractivity contribution in [2.45, 2.75) is 58.5 Å². The lowest BCUT2D eigenvalue weighted by Crippen LogP contribution is -2.61. The normalized spacial score (nSPS) is 27.3. The summed E-state index contributed by atoms with van der Waals surface area (Å²) in [6.45, 7) is 6.50. The van der Waals surface area contributed by atoms with Crippen LogP contribution in [-0.4, -0.2) is 30.4 Å². The minimum absolute atomic E-state index is 0.0495. The molecule has 1 unspecified atom stereocenters. The van der Waals surface area contributed by atoms with E-state index in [1.807, 2.05) is 67.6 Å². The van der Waals surface area contributed by atoms with Crippen molar-refractivity contribution < 1.29 is 19.0 Å². The highest BCUT2D eigenvalue weighted by Crippen LogP contribution is 2.30. The number of hydrogen-bond acceptors (Lipinski definition) is 4. The molecule has 150 valence electrons. The van der Waals surface area contributed by atoms with Gasteiger partial charge in [-0.3, -0.25) is 4.79 Å². The molecule has 2 aromatic rings. The molecular formula is C23H29NO4. The van der Waals surface area contributed by atoms with Crippen LogP contribution in [0.5, 0.6) is 0 Å². The Balaban J connectivity index is 1.73. The van der Waals surface area contributed by atoms with Crippen LogP contribution in [0.15, 0.2) is 60.7 Å². The van der Waals surface area contributed by atoms with Gasteiger partial charge in [-0.1, -0.05) is 67.6 Å². The van der Waals surface area contributed by atoms with E-state index in [2.05, 4.69) is 12.2 Å². The fourth-order valence-corrected chi connectivity index (χ4v) is 3.47. The molecule has 0 radical (unpaired) electrons. The molecule has 0 aromatic heterocycles. The molecule has 5 nitrogen and oxygen atoms in total. The van der Waals surface area contributed by atoms with Crippen molar-refractivity contribution in [1.82, 2.24) is 5.32 Å². The minimum atomic E-state index is -0.573. The van der Waals surface area contributed by atoms with Gasteiger partial charge in [-0.05, 0) is 18.1 Å². The van der Waals surface area contributed by atoms with E-state index in [-0.39, 0.29) is 30.1 Å². The van der Waals surface area contributed by atoms with Crippen LogP contribution >= 0.6 is 0 Å². The van der Waals surface area contributed by atoms with Crippen LogP contribution in [0, 0.1) is 5.92 Å². The van der Waals surface area contributed by atoms with Gasteiger partial charge < -0.3 is 19.5 Å². The number of benzene rings is 2. The smallest absolute Gasteiger partial charge is 0.217 e. The van der Waals surface area contributed by atoms with Gasteiger partial charge in [0.05, 0.1) is 25.4 Å². The molecule has 0 spiro atoms. The fourth-order valence-electron chi connectivity index (χ4n) is 3.47. The third-order valence-corrected chi connectivity index (χ3v) is 5.17. The van der Waals surface area contributed by atoms with Crippen LogP contribution in [0.4, 0.5) is 0 Å². The van der Waals surface area contributed by atoms with Crippen molar-refractivity contribution in [1.29, 1.82) is 0 Å². The number of carbonyl (C=O) groups excluding carboxylic acids is 1. The Kier molecular flexibility index (Phi) is 7.20. The third-order valence-electron chi connectivity index (χ3n) is 5.17. The van der Waals surface area contributed by atoms with Crippen LogP contribution in [0.25, 0.3) is 0 Å². The summed E-state index contributed by atoms with van der Waals surface area (Å²) in [5.41, 5.74) is 2.15. The maximum absolute atomic E-state index is 11.9. The van der Waals surface area contributed by atoms with Crippen LogP contribution in [0.1, 0.15) is 31.9 Å². The third kappa shape index (κ3) is 5.41. The average molecular weight is 383 g/mol. The number of carbonyl (C=O) groups is 1. The molecule has 0 bridgehead atoms. The Morgan fingerprint density at radius 1 is 0.929 bits per heavy atom. The Bertz CT molecular complexity index is 737. The summed E-state index contributed by atoms with van der Waals surface area (Å²) in [5, 5.41) is 2.99. The van der Waals surface area contributed by atoms with Crippen LogP contribution in [0.2, 0.25) is 0 Å². The number of nitrogens with one attached hydrogen (secondary N) is 1. The van der Waals surface area contributed by atoms with Gasteiger partial charge in [0.15, 0.2) is 6.29 Å². The second-order valence-corrected chi connectivity index (χ2v) is 7.35. The summed E-state index contributed by atoms with van der Waals surface area (Å²) < 4.78 is 18.4. The van der Waals surface area contributed by atoms with E-state index >= 15 is 0 Å². The van der Waals surface area contributed by atoms with Gasteiger partial charge in [0.25, 0.3) is 0 Å². The molecule has 2 aromatic carbocycles. The van der Waals surface area contributed by atoms with Gasteiger partial charge in [0, 0.05) is 12.8 Å². The first-order valence-electron chi connectivity index (χ1n) is 9.78. The molecule has 0 aliphatic carbocycles. The van der Waals surface area contributed by atoms with Crippen molar-refractivity contribution in [3.63, 3.8) is 0 Å². The fraction of sp³-hybridized carbons (Fsp3) is 0.435. The first kappa shape index (κ1) is 20.5. The topological polar surface area (TPSA) is 56.8 Å². The summed E-state index contributed by atoms with van der Waals surface area (Å²) in [6.07, 6.45) is -0.837. The molecular weight excluding hydrogens is 354 g/mol. The number of rotatable bonds is 7. The Morgan fingerprint density at radius 2 is 1.46 bits per heavy atom. The molecule has 1 N–H and O–H groups in total. The van der Waals surface area contributed by atoms with Crippen molar-refractivity contribution >= 4 is 5.91 Å². The molecule has 5 heteroatoms. The van der Waals surface area contributed by atoms with Gasteiger partial charge in [0.2, 0.25) is 5.91 Å². The van der Waals surface area contributed by atoms with Gasteiger partial charge >= 0.3 is 0 Å². The lowest BCUT2D eigenvalue weighted by atomic mass is 9.89. The van der Waals surface area contributed by atoms with E-state index < -0.39 is 6.29 Å². The molecule has 1 aliphatic heterocycles. The predicted molar refractivity (Wildman–Crippen MR) is 107 cm³/mol. The number of amides is 1. The predicted octanol–water partition coefficient (Wildman–Crippen LogP) is 3.67. The van der Waals surface area contributed by atoms with Crippen LogP contribution in [0.3, 0.4) is 0 Å². The van der Waals surface area contributed by atoms with E-state index in [0.717, 1.165) is 11.1 Å². The zero-order chi connectivity index (χ0) is 19.9. The molecule has 1 aliphatic rings. The van der Waals surface area contributed by atoms with E-state index in [0.29, 0.717) is 13.2 Å². The van der Waals surface area contributed by atoms with E-state index in [1.54, 1.807) is 0 Å². The highest BCUT2D eigenvalue weighted by atomic mass is 16.7. The SMILES string of the molecule is CC(=O)N[C@@H]1C(OCc2ccccc2)O[C@H](C)[C@H](C)[C@H]1OCc1ccccc1. The van der Waals surface area contributed by atoms with E-state index in [1.165, 1.54) is 6.92 Å². The molecule has 3 rings (SSSR count). The summed E-state index contributed by atoms with van der Waals surface area (Å²) in [6, 6.07) is 19.6. The largest absolute Gasteiger partial charge is 0.371 e. The number of hydrogen-bond donors (Lipinski definition) is 1. The lowest BCUT2D eigenvalue weighted by molar-refractivity contribution is -0.257. The molecule has 1 saturated heterocycles. The second-order valence-electron chi connectivity index (χ2n) is 7.35. The first-order valence-corrected chi connectivity index (χ1v) is 9.78. The number of ether oxygens (including phenoxy) is 3. The van der Waals surface area contributed by atoms with Gasteiger partial charge in [-0.15, -0.1) is 0 Å². The summed E-state index contributed by atoms with van der Waals surface area (Å²) in [4.78, 5) is 11.9. The van der Waals surface area contributed by atoms with Crippen molar-refractivity contribution in [2.24, 2.45) is 5.92 Å².